The molecular formula is C18H33N5O2. The quantitative estimate of drug-likeness (QED) is 0.372. The van der Waals surface area contributed by atoms with Gasteiger partial charge >= 0.3 is 0 Å². The Labute approximate surface area is 151 Å². The molecule has 1 aromatic heterocycles. The summed E-state index contributed by atoms with van der Waals surface area (Å²) in [5.74, 6) is 1.73. The number of rotatable bonds is 10. The molecule has 1 fully saturated rings. The first-order valence-corrected chi connectivity index (χ1v) is 9.31. The van der Waals surface area contributed by atoms with Gasteiger partial charge in [-0.1, -0.05) is 6.92 Å². The summed E-state index contributed by atoms with van der Waals surface area (Å²) < 4.78 is 10.8. The summed E-state index contributed by atoms with van der Waals surface area (Å²) in [6.45, 7) is 12.1. The summed E-state index contributed by atoms with van der Waals surface area (Å²) in [4.78, 5) is 9.27. The van der Waals surface area contributed by atoms with Crippen LogP contribution in [0.25, 0.3) is 0 Å². The Bertz CT molecular complexity index is 470. The summed E-state index contributed by atoms with van der Waals surface area (Å²) in [5.41, 5.74) is 0. The number of nitrogens with zero attached hydrogens (tertiary/aromatic N) is 3. The van der Waals surface area contributed by atoms with Gasteiger partial charge in [-0.25, -0.2) is 0 Å². The van der Waals surface area contributed by atoms with Crippen LogP contribution in [0.1, 0.15) is 19.1 Å². The molecule has 2 rings (SSSR count). The van der Waals surface area contributed by atoms with Crippen molar-refractivity contribution in [3.05, 3.63) is 24.2 Å². The zero-order chi connectivity index (χ0) is 17.7. The van der Waals surface area contributed by atoms with Gasteiger partial charge in [-0.3, -0.25) is 9.89 Å². The normalized spacial score (nSPS) is 17.0. The van der Waals surface area contributed by atoms with E-state index in [1.54, 1.807) is 6.26 Å². The first kappa shape index (κ1) is 19.8. The first-order chi connectivity index (χ1) is 12.3. The Balaban J connectivity index is 1.46. The molecule has 7 nitrogen and oxygen atoms in total. The van der Waals surface area contributed by atoms with Gasteiger partial charge in [-0.05, 0) is 25.1 Å². The highest BCUT2D eigenvalue weighted by Crippen LogP contribution is 2.02. The lowest BCUT2D eigenvalue weighted by Crippen LogP contribution is -2.49. The van der Waals surface area contributed by atoms with E-state index in [0.29, 0.717) is 13.2 Å². The highest BCUT2D eigenvalue weighted by Gasteiger charge is 2.14. The fourth-order valence-electron chi connectivity index (χ4n) is 2.83. The van der Waals surface area contributed by atoms with Crippen LogP contribution in [-0.4, -0.2) is 81.8 Å². The van der Waals surface area contributed by atoms with Gasteiger partial charge in [0, 0.05) is 59.5 Å². The van der Waals surface area contributed by atoms with Gasteiger partial charge in [0.05, 0.1) is 6.26 Å². The highest BCUT2D eigenvalue weighted by atomic mass is 16.5. The number of nitrogens with one attached hydrogen (secondary N) is 2. The van der Waals surface area contributed by atoms with E-state index in [1.165, 1.54) is 13.1 Å². The van der Waals surface area contributed by atoms with Crippen LogP contribution in [0.3, 0.4) is 0 Å². The van der Waals surface area contributed by atoms with E-state index < -0.39 is 0 Å². The van der Waals surface area contributed by atoms with Gasteiger partial charge in [0.25, 0.3) is 0 Å². The molecule has 0 atom stereocenters. The number of furan rings is 1. The van der Waals surface area contributed by atoms with Gasteiger partial charge in [-0.15, -0.1) is 0 Å². The number of aliphatic imine (C=N–C) groups is 1. The SMILES string of the molecule is CCN1CCN(CCNC(=NC)NCCCOCc2ccco2)CC1. The van der Waals surface area contributed by atoms with Crippen LogP contribution >= 0.6 is 0 Å². The lowest BCUT2D eigenvalue weighted by molar-refractivity contribution is 0.105. The minimum Gasteiger partial charge on any atom is -0.467 e. The van der Waals surface area contributed by atoms with Crippen LogP contribution in [0, 0.1) is 0 Å². The summed E-state index contributed by atoms with van der Waals surface area (Å²) in [7, 11) is 1.81. The number of guanidine groups is 1. The van der Waals surface area contributed by atoms with Crippen LogP contribution in [0.15, 0.2) is 27.8 Å². The fourth-order valence-corrected chi connectivity index (χ4v) is 2.83. The number of ether oxygens (including phenoxy) is 1. The molecule has 0 unspecified atom stereocenters. The average molecular weight is 351 g/mol. The van der Waals surface area contributed by atoms with Crippen molar-refractivity contribution in [2.45, 2.75) is 20.0 Å². The Kier molecular flexibility index (Phi) is 9.40. The Hall–Kier alpha value is -1.57. The predicted octanol–water partition coefficient (Wildman–Crippen LogP) is 0.989. The van der Waals surface area contributed by atoms with Gasteiger partial charge in [0.2, 0.25) is 0 Å². The molecular weight excluding hydrogens is 318 g/mol. The third-order valence-electron chi connectivity index (χ3n) is 4.44. The fraction of sp³-hybridized carbons (Fsp3) is 0.722. The molecule has 1 saturated heterocycles. The standard InChI is InChI=1S/C18H33N5O2/c1-3-22-10-12-23(13-11-22)9-8-21-18(19-2)20-7-5-14-24-16-17-6-4-15-25-17/h4,6,15H,3,5,7-14,16H2,1-2H3,(H2,19,20,21). The molecule has 7 heteroatoms. The van der Waals surface area contributed by atoms with Gasteiger partial charge in [0.15, 0.2) is 5.96 Å². The maximum Gasteiger partial charge on any atom is 0.191 e. The van der Waals surface area contributed by atoms with Crippen LogP contribution in [0.2, 0.25) is 0 Å². The zero-order valence-electron chi connectivity index (χ0n) is 15.7. The largest absolute Gasteiger partial charge is 0.467 e. The lowest BCUT2D eigenvalue weighted by atomic mass is 10.3. The van der Waals surface area contributed by atoms with E-state index in [9.17, 15) is 0 Å². The topological polar surface area (TPSA) is 65.3 Å². The second-order valence-electron chi connectivity index (χ2n) is 6.19. The molecule has 2 heterocycles. The van der Waals surface area contributed by atoms with Crippen molar-refractivity contribution < 1.29 is 9.15 Å². The van der Waals surface area contributed by atoms with Crippen molar-refractivity contribution in [1.29, 1.82) is 0 Å². The van der Waals surface area contributed by atoms with E-state index in [4.69, 9.17) is 9.15 Å². The van der Waals surface area contributed by atoms with Crippen LogP contribution in [0.5, 0.6) is 0 Å². The minimum atomic E-state index is 0.533. The summed E-state index contributed by atoms with van der Waals surface area (Å²) in [5, 5.41) is 6.71. The van der Waals surface area contributed by atoms with E-state index in [2.05, 4.69) is 32.3 Å². The summed E-state index contributed by atoms with van der Waals surface area (Å²) in [6.07, 6.45) is 2.60. The molecule has 2 N–H and O–H groups in total. The van der Waals surface area contributed by atoms with Gasteiger partial charge < -0.3 is 24.7 Å². The molecule has 1 aliphatic rings. The Morgan fingerprint density at radius 1 is 1.20 bits per heavy atom. The molecule has 0 amide bonds. The zero-order valence-corrected chi connectivity index (χ0v) is 15.7. The minimum absolute atomic E-state index is 0.533. The van der Waals surface area contributed by atoms with Crippen molar-refractivity contribution in [3.8, 4) is 0 Å². The van der Waals surface area contributed by atoms with Gasteiger partial charge in [0.1, 0.15) is 12.4 Å². The maximum absolute atomic E-state index is 5.57. The second kappa shape index (κ2) is 11.9. The average Bonchev–Trinajstić information content (AvgIpc) is 3.17. The molecule has 0 aliphatic carbocycles. The van der Waals surface area contributed by atoms with Gasteiger partial charge in [-0.2, -0.15) is 0 Å². The van der Waals surface area contributed by atoms with Crippen molar-refractivity contribution >= 4 is 5.96 Å². The van der Waals surface area contributed by atoms with Crippen molar-refractivity contribution in [1.82, 2.24) is 20.4 Å². The van der Waals surface area contributed by atoms with Crippen LogP contribution < -0.4 is 10.6 Å². The van der Waals surface area contributed by atoms with E-state index in [1.807, 2.05) is 19.2 Å². The molecule has 0 aromatic carbocycles. The van der Waals surface area contributed by atoms with Crippen molar-refractivity contribution in [2.24, 2.45) is 4.99 Å². The Morgan fingerprint density at radius 3 is 2.64 bits per heavy atom. The summed E-state index contributed by atoms with van der Waals surface area (Å²) >= 11 is 0. The van der Waals surface area contributed by atoms with Crippen LogP contribution in [0.4, 0.5) is 0 Å². The van der Waals surface area contributed by atoms with Crippen molar-refractivity contribution in [3.63, 3.8) is 0 Å². The number of piperazine rings is 1. The first-order valence-electron chi connectivity index (χ1n) is 9.31. The Morgan fingerprint density at radius 2 is 1.96 bits per heavy atom. The summed E-state index contributed by atoms with van der Waals surface area (Å²) in [6, 6.07) is 3.80. The molecule has 0 radical (unpaired) electrons. The number of hydrogen-bond donors (Lipinski definition) is 2. The predicted molar refractivity (Wildman–Crippen MR) is 101 cm³/mol. The van der Waals surface area contributed by atoms with E-state index >= 15 is 0 Å². The van der Waals surface area contributed by atoms with E-state index in [-0.39, 0.29) is 0 Å². The highest BCUT2D eigenvalue weighted by molar-refractivity contribution is 5.79. The maximum atomic E-state index is 5.57. The molecule has 0 spiro atoms. The molecule has 0 saturated carbocycles. The molecule has 0 bridgehead atoms. The molecule has 1 aromatic rings. The third-order valence-corrected chi connectivity index (χ3v) is 4.44. The molecule has 25 heavy (non-hydrogen) atoms. The van der Waals surface area contributed by atoms with Crippen LogP contribution in [-0.2, 0) is 11.3 Å². The number of hydrogen-bond acceptors (Lipinski definition) is 5. The smallest absolute Gasteiger partial charge is 0.191 e. The van der Waals surface area contributed by atoms with E-state index in [0.717, 1.165) is 57.4 Å². The third kappa shape index (κ3) is 7.90. The lowest BCUT2D eigenvalue weighted by Gasteiger charge is -2.34. The molecule has 142 valence electrons. The number of likely N-dealkylation sites (N-methyl/N-ethyl adjacent to an activating group) is 1. The van der Waals surface area contributed by atoms with Crippen molar-refractivity contribution in [2.75, 3.05) is 66.0 Å². The molecule has 1 aliphatic heterocycles. The second-order valence-corrected chi connectivity index (χ2v) is 6.19. The monoisotopic (exact) mass is 351 g/mol.